The van der Waals surface area contributed by atoms with E-state index in [1.54, 1.807) is 7.11 Å². The monoisotopic (exact) mass is 240 g/mol. The molecule has 0 fully saturated rings. The van der Waals surface area contributed by atoms with Gasteiger partial charge in [0.1, 0.15) is 0 Å². The molecule has 0 aliphatic rings. The maximum atomic E-state index is 5.04. The van der Waals surface area contributed by atoms with E-state index >= 15 is 0 Å². The summed E-state index contributed by atoms with van der Waals surface area (Å²) >= 11 is 0. The molecule has 0 saturated heterocycles. The fourth-order valence-electron chi connectivity index (χ4n) is 1.74. The topological polar surface area (TPSA) is 42.3 Å². The van der Waals surface area contributed by atoms with Crippen molar-refractivity contribution in [2.75, 3.05) is 40.4 Å². The quantitative estimate of drug-likeness (QED) is 0.724. The molecule has 0 spiro atoms. The molecule has 0 bridgehead atoms. The molecule has 0 radical (unpaired) electrons. The van der Waals surface area contributed by atoms with Gasteiger partial charge in [-0.05, 0) is 20.0 Å². The van der Waals surface area contributed by atoms with E-state index in [1.807, 2.05) is 24.0 Å². The van der Waals surface area contributed by atoms with Crippen molar-refractivity contribution in [1.82, 2.24) is 20.0 Å². The van der Waals surface area contributed by atoms with Gasteiger partial charge in [0.15, 0.2) is 0 Å². The Bertz CT molecular complexity index is 313. The third-order valence-corrected chi connectivity index (χ3v) is 2.92. The minimum Gasteiger partial charge on any atom is -0.383 e. The average Bonchev–Trinajstić information content (AvgIpc) is 2.72. The van der Waals surface area contributed by atoms with E-state index in [-0.39, 0.29) is 0 Å². The van der Waals surface area contributed by atoms with E-state index in [2.05, 4.69) is 29.3 Å². The summed E-state index contributed by atoms with van der Waals surface area (Å²) in [5.41, 5.74) is 1.21. The molecule has 0 amide bonds. The van der Waals surface area contributed by atoms with Crippen LogP contribution in [-0.4, -0.2) is 55.1 Å². The minimum atomic E-state index is 0.332. The summed E-state index contributed by atoms with van der Waals surface area (Å²) in [5, 5.41) is 7.66. The van der Waals surface area contributed by atoms with E-state index in [0.717, 1.165) is 26.2 Å². The number of hydrogen-bond donors (Lipinski definition) is 1. The van der Waals surface area contributed by atoms with Gasteiger partial charge < -0.3 is 15.0 Å². The molecule has 1 N–H and O–H groups in total. The number of nitrogens with zero attached hydrogens (tertiary/aromatic N) is 3. The summed E-state index contributed by atoms with van der Waals surface area (Å²) in [4.78, 5) is 2.26. The standard InChI is InChI=1S/C12H24N4O/c1-11(12-5-6-14-16(12)3)13-7-8-15(2)9-10-17-4/h5-6,11,13H,7-10H2,1-4H3. The molecule has 1 aromatic heterocycles. The van der Waals surface area contributed by atoms with Crippen LogP contribution in [0.25, 0.3) is 0 Å². The second-order valence-electron chi connectivity index (χ2n) is 4.35. The summed E-state index contributed by atoms with van der Waals surface area (Å²) < 4.78 is 6.95. The Hall–Kier alpha value is -0.910. The molecule has 0 aliphatic carbocycles. The average molecular weight is 240 g/mol. The summed E-state index contributed by atoms with van der Waals surface area (Å²) in [5.74, 6) is 0. The van der Waals surface area contributed by atoms with Crippen molar-refractivity contribution in [3.05, 3.63) is 18.0 Å². The second-order valence-corrected chi connectivity index (χ2v) is 4.35. The Morgan fingerprint density at radius 2 is 2.29 bits per heavy atom. The Balaban J connectivity index is 2.20. The highest BCUT2D eigenvalue weighted by Crippen LogP contribution is 2.09. The number of methoxy groups -OCH3 is 1. The van der Waals surface area contributed by atoms with Crippen molar-refractivity contribution in [1.29, 1.82) is 0 Å². The highest BCUT2D eigenvalue weighted by atomic mass is 16.5. The fraction of sp³-hybridized carbons (Fsp3) is 0.750. The number of aromatic nitrogens is 2. The van der Waals surface area contributed by atoms with Crippen molar-refractivity contribution < 1.29 is 4.74 Å². The van der Waals surface area contributed by atoms with Crippen LogP contribution >= 0.6 is 0 Å². The van der Waals surface area contributed by atoms with E-state index in [0.29, 0.717) is 6.04 Å². The lowest BCUT2D eigenvalue weighted by Crippen LogP contribution is -2.33. The van der Waals surface area contributed by atoms with Crippen molar-refractivity contribution in [2.45, 2.75) is 13.0 Å². The van der Waals surface area contributed by atoms with Crippen LogP contribution in [0.3, 0.4) is 0 Å². The molecule has 17 heavy (non-hydrogen) atoms. The van der Waals surface area contributed by atoms with E-state index < -0.39 is 0 Å². The number of hydrogen-bond acceptors (Lipinski definition) is 4. The van der Waals surface area contributed by atoms with Crippen LogP contribution < -0.4 is 5.32 Å². The first-order valence-electron chi connectivity index (χ1n) is 6.04. The van der Waals surface area contributed by atoms with Gasteiger partial charge in [0.05, 0.1) is 12.3 Å². The lowest BCUT2D eigenvalue weighted by Gasteiger charge is -2.19. The van der Waals surface area contributed by atoms with Crippen molar-refractivity contribution >= 4 is 0 Å². The SMILES string of the molecule is COCCN(C)CCNC(C)c1ccnn1C. The summed E-state index contributed by atoms with van der Waals surface area (Å²) in [6.45, 7) is 5.90. The van der Waals surface area contributed by atoms with Crippen molar-refractivity contribution in [2.24, 2.45) is 7.05 Å². The van der Waals surface area contributed by atoms with Gasteiger partial charge >= 0.3 is 0 Å². The molecule has 0 aliphatic heterocycles. The Kier molecular flexibility index (Phi) is 6.18. The molecule has 0 aromatic carbocycles. The number of nitrogens with one attached hydrogen (secondary N) is 1. The molecule has 5 nitrogen and oxygen atoms in total. The van der Waals surface area contributed by atoms with E-state index in [1.165, 1.54) is 5.69 Å². The molecule has 0 saturated carbocycles. The zero-order valence-corrected chi connectivity index (χ0v) is 11.3. The highest BCUT2D eigenvalue weighted by molar-refractivity contribution is 5.05. The number of ether oxygens (including phenoxy) is 1. The Labute approximate surface area is 104 Å². The molecule has 98 valence electrons. The molecule has 1 heterocycles. The van der Waals surface area contributed by atoms with Gasteiger partial charge in [-0.2, -0.15) is 5.10 Å². The summed E-state index contributed by atoms with van der Waals surface area (Å²) in [6.07, 6.45) is 1.83. The van der Waals surface area contributed by atoms with Gasteiger partial charge in [0, 0.05) is 46.0 Å². The molecular weight excluding hydrogens is 216 g/mol. The first kappa shape index (κ1) is 14.2. The lowest BCUT2D eigenvalue weighted by atomic mass is 10.2. The Morgan fingerprint density at radius 3 is 2.88 bits per heavy atom. The van der Waals surface area contributed by atoms with Crippen LogP contribution in [0.4, 0.5) is 0 Å². The third-order valence-electron chi connectivity index (χ3n) is 2.92. The molecule has 1 rings (SSSR count). The van der Waals surface area contributed by atoms with Crippen molar-refractivity contribution in [3.63, 3.8) is 0 Å². The first-order valence-corrected chi connectivity index (χ1v) is 6.04. The van der Waals surface area contributed by atoms with Crippen LogP contribution in [0.5, 0.6) is 0 Å². The normalized spacial score (nSPS) is 13.2. The van der Waals surface area contributed by atoms with Gasteiger partial charge in [-0.1, -0.05) is 0 Å². The second kappa shape index (κ2) is 7.42. The smallest absolute Gasteiger partial charge is 0.0589 e. The van der Waals surface area contributed by atoms with Gasteiger partial charge in [-0.25, -0.2) is 0 Å². The Morgan fingerprint density at radius 1 is 1.53 bits per heavy atom. The lowest BCUT2D eigenvalue weighted by molar-refractivity contribution is 0.161. The third kappa shape index (κ3) is 4.85. The summed E-state index contributed by atoms with van der Waals surface area (Å²) in [7, 11) is 5.81. The number of likely N-dealkylation sites (N-methyl/N-ethyl adjacent to an activating group) is 1. The first-order chi connectivity index (χ1) is 8.15. The van der Waals surface area contributed by atoms with E-state index in [9.17, 15) is 0 Å². The van der Waals surface area contributed by atoms with Gasteiger partial charge in [-0.15, -0.1) is 0 Å². The van der Waals surface area contributed by atoms with Crippen LogP contribution in [0.2, 0.25) is 0 Å². The predicted molar refractivity (Wildman–Crippen MR) is 69.0 cm³/mol. The molecule has 1 atom stereocenters. The van der Waals surface area contributed by atoms with Crippen LogP contribution in [0.15, 0.2) is 12.3 Å². The molecule has 5 heteroatoms. The maximum Gasteiger partial charge on any atom is 0.0589 e. The molecule has 1 unspecified atom stereocenters. The molecular formula is C12H24N4O. The zero-order chi connectivity index (χ0) is 12.7. The predicted octanol–water partition coefficient (Wildman–Crippen LogP) is 0.649. The molecule has 1 aromatic rings. The maximum absolute atomic E-state index is 5.04. The largest absolute Gasteiger partial charge is 0.383 e. The van der Waals surface area contributed by atoms with Crippen LogP contribution in [0.1, 0.15) is 18.7 Å². The van der Waals surface area contributed by atoms with Crippen LogP contribution in [0, 0.1) is 0 Å². The number of rotatable bonds is 8. The highest BCUT2D eigenvalue weighted by Gasteiger charge is 2.08. The van der Waals surface area contributed by atoms with Gasteiger partial charge in [0.25, 0.3) is 0 Å². The zero-order valence-electron chi connectivity index (χ0n) is 11.3. The fourth-order valence-corrected chi connectivity index (χ4v) is 1.74. The van der Waals surface area contributed by atoms with Gasteiger partial charge in [0.2, 0.25) is 0 Å². The van der Waals surface area contributed by atoms with Crippen molar-refractivity contribution in [3.8, 4) is 0 Å². The summed E-state index contributed by atoms with van der Waals surface area (Å²) in [6, 6.07) is 2.38. The number of aryl methyl sites for hydroxylation is 1. The van der Waals surface area contributed by atoms with Crippen LogP contribution in [-0.2, 0) is 11.8 Å². The minimum absolute atomic E-state index is 0.332. The van der Waals surface area contributed by atoms with E-state index in [4.69, 9.17) is 4.74 Å². The van der Waals surface area contributed by atoms with Gasteiger partial charge in [-0.3, -0.25) is 4.68 Å².